The van der Waals surface area contributed by atoms with Crippen LogP contribution in [0.1, 0.15) is 17.4 Å². The van der Waals surface area contributed by atoms with Crippen molar-refractivity contribution in [3.63, 3.8) is 0 Å². The van der Waals surface area contributed by atoms with Crippen molar-refractivity contribution < 1.29 is 14.3 Å². The smallest absolute Gasteiger partial charge is 0.357 e. The topological polar surface area (TPSA) is 103 Å². The normalized spacial score (nSPS) is 10.6. The van der Waals surface area contributed by atoms with E-state index < -0.39 is 11.9 Å². The summed E-state index contributed by atoms with van der Waals surface area (Å²) in [5.74, 6) is -1.01. The van der Waals surface area contributed by atoms with E-state index in [0.717, 1.165) is 16.0 Å². The highest BCUT2D eigenvalue weighted by atomic mass is 32.1. The second-order valence-corrected chi connectivity index (χ2v) is 5.86. The summed E-state index contributed by atoms with van der Waals surface area (Å²) < 4.78 is 5.92. The third-order valence-electron chi connectivity index (χ3n) is 3.29. The third kappa shape index (κ3) is 3.72. The van der Waals surface area contributed by atoms with Gasteiger partial charge >= 0.3 is 5.97 Å². The molecule has 0 atom stereocenters. The number of benzene rings is 1. The molecule has 1 amide bonds. The Morgan fingerprint density at radius 2 is 2.12 bits per heavy atom. The zero-order valence-electron chi connectivity index (χ0n) is 13.3. The van der Waals surface area contributed by atoms with E-state index >= 15 is 0 Å². The second-order valence-electron chi connectivity index (χ2n) is 5.00. The molecule has 0 unspecified atom stereocenters. The van der Waals surface area contributed by atoms with Gasteiger partial charge in [-0.1, -0.05) is 18.2 Å². The number of hydrogen-bond acceptors (Lipinski definition) is 7. The highest BCUT2D eigenvalue weighted by Crippen LogP contribution is 2.16. The maximum absolute atomic E-state index is 12.3. The molecule has 1 aromatic carbocycles. The van der Waals surface area contributed by atoms with Gasteiger partial charge in [0.25, 0.3) is 5.56 Å². The number of aromatic nitrogens is 3. The van der Waals surface area contributed by atoms with Gasteiger partial charge in [-0.25, -0.2) is 14.5 Å². The van der Waals surface area contributed by atoms with Gasteiger partial charge < -0.3 is 10.1 Å². The molecular weight excluding hydrogens is 344 g/mol. The molecule has 0 aliphatic carbocycles. The summed E-state index contributed by atoms with van der Waals surface area (Å²) in [6, 6.07) is 7.02. The summed E-state index contributed by atoms with van der Waals surface area (Å²) >= 11 is 1.10. The van der Waals surface area contributed by atoms with Crippen LogP contribution in [0, 0.1) is 0 Å². The number of nitrogens with zero attached hydrogens (tertiary/aromatic N) is 3. The Hall–Kier alpha value is -3.07. The number of esters is 1. The molecule has 2 aromatic heterocycles. The van der Waals surface area contributed by atoms with Crippen molar-refractivity contribution in [1.82, 2.24) is 14.8 Å². The minimum atomic E-state index is -0.549. The zero-order chi connectivity index (χ0) is 17.8. The lowest BCUT2D eigenvalue weighted by molar-refractivity contribution is -0.117. The number of thiazole rings is 1. The van der Waals surface area contributed by atoms with E-state index in [9.17, 15) is 14.4 Å². The van der Waals surface area contributed by atoms with Crippen LogP contribution in [0.15, 0.2) is 40.6 Å². The number of hydrogen-bond donors (Lipinski definition) is 1. The molecule has 0 aliphatic rings. The van der Waals surface area contributed by atoms with Crippen LogP contribution in [0.25, 0.3) is 10.8 Å². The Morgan fingerprint density at radius 1 is 1.32 bits per heavy atom. The van der Waals surface area contributed by atoms with Crippen molar-refractivity contribution in [3.8, 4) is 0 Å². The highest BCUT2D eigenvalue weighted by molar-refractivity contribution is 7.14. The summed E-state index contributed by atoms with van der Waals surface area (Å²) in [6.07, 6.45) is 1.53. The van der Waals surface area contributed by atoms with Crippen molar-refractivity contribution in [2.75, 3.05) is 11.9 Å². The Balaban J connectivity index is 1.72. The number of nitrogens with one attached hydrogen (secondary N) is 1. The standard InChI is InChI=1S/C16H14N4O4S/c1-2-24-15(23)12-9-25-16(18-12)19-13(21)8-20-14(22)11-6-4-3-5-10(11)7-17-20/h3-7,9H,2,8H2,1H3,(H,18,19,21). The molecule has 0 radical (unpaired) electrons. The van der Waals surface area contributed by atoms with Crippen LogP contribution >= 0.6 is 11.3 Å². The fourth-order valence-electron chi connectivity index (χ4n) is 2.17. The Bertz CT molecular complexity index is 995. The van der Waals surface area contributed by atoms with Crippen molar-refractivity contribution in [1.29, 1.82) is 0 Å². The number of amides is 1. The minimum absolute atomic E-state index is 0.128. The van der Waals surface area contributed by atoms with Gasteiger partial charge in [0.05, 0.1) is 18.2 Å². The lowest BCUT2D eigenvalue weighted by Gasteiger charge is -2.05. The van der Waals surface area contributed by atoms with Gasteiger partial charge in [0.1, 0.15) is 6.54 Å². The van der Waals surface area contributed by atoms with Crippen LogP contribution in [0.2, 0.25) is 0 Å². The molecule has 3 aromatic rings. The highest BCUT2D eigenvalue weighted by Gasteiger charge is 2.14. The van der Waals surface area contributed by atoms with Crippen LogP contribution in [0.3, 0.4) is 0 Å². The molecule has 9 heteroatoms. The third-order valence-corrected chi connectivity index (χ3v) is 4.05. The van der Waals surface area contributed by atoms with Crippen molar-refractivity contribution in [3.05, 3.63) is 51.9 Å². The van der Waals surface area contributed by atoms with E-state index in [1.54, 1.807) is 25.1 Å². The molecule has 0 spiro atoms. The molecule has 0 bridgehead atoms. The number of fused-ring (bicyclic) bond motifs is 1. The van der Waals surface area contributed by atoms with Crippen LogP contribution in [0.4, 0.5) is 5.13 Å². The predicted octanol–water partition coefficient (Wildman–Crippen LogP) is 1.67. The Morgan fingerprint density at radius 3 is 2.92 bits per heavy atom. The SMILES string of the molecule is CCOC(=O)c1csc(NC(=O)Cn2ncc3ccccc3c2=O)n1. The molecule has 0 aliphatic heterocycles. The molecule has 128 valence electrons. The van der Waals surface area contributed by atoms with E-state index in [2.05, 4.69) is 15.4 Å². The minimum Gasteiger partial charge on any atom is -0.461 e. The van der Waals surface area contributed by atoms with Crippen molar-refractivity contribution in [2.24, 2.45) is 0 Å². The molecule has 8 nitrogen and oxygen atoms in total. The van der Waals surface area contributed by atoms with Crippen molar-refractivity contribution in [2.45, 2.75) is 13.5 Å². The van der Waals surface area contributed by atoms with E-state index in [4.69, 9.17) is 4.74 Å². The van der Waals surface area contributed by atoms with E-state index in [1.807, 2.05) is 6.07 Å². The largest absolute Gasteiger partial charge is 0.461 e. The number of anilines is 1. The predicted molar refractivity (Wildman–Crippen MR) is 92.7 cm³/mol. The van der Waals surface area contributed by atoms with E-state index in [1.165, 1.54) is 11.6 Å². The first-order valence-electron chi connectivity index (χ1n) is 7.46. The first-order valence-corrected chi connectivity index (χ1v) is 8.34. The fourth-order valence-corrected chi connectivity index (χ4v) is 2.86. The van der Waals surface area contributed by atoms with Crippen molar-refractivity contribution >= 4 is 39.1 Å². The average Bonchev–Trinajstić information content (AvgIpc) is 3.06. The van der Waals surface area contributed by atoms with E-state index in [0.29, 0.717) is 10.8 Å². The number of carbonyl (C=O) groups excluding carboxylic acids is 2. The lowest BCUT2D eigenvalue weighted by atomic mass is 10.2. The van der Waals surface area contributed by atoms with Gasteiger partial charge in [-0.2, -0.15) is 5.10 Å². The fraction of sp³-hybridized carbons (Fsp3) is 0.188. The first kappa shape index (κ1) is 16.8. The molecule has 0 saturated heterocycles. The summed E-state index contributed by atoms with van der Waals surface area (Å²) in [7, 11) is 0. The molecule has 2 heterocycles. The molecule has 0 saturated carbocycles. The monoisotopic (exact) mass is 358 g/mol. The Kier molecular flexibility index (Phi) is 4.85. The average molecular weight is 358 g/mol. The summed E-state index contributed by atoms with van der Waals surface area (Å²) in [5.41, 5.74) is -0.220. The molecule has 0 fully saturated rings. The number of carbonyl (C=O) groups is 2. The number of rotatable bonds is 5. The summed E-state index contributed by atoms with van der Waals surface area (Å²) in [4.78, 5) is 40.0. The van der Waals surface area contributed by atoms with Gasteiger partial charge in [-0.15, -0.1) is 11.3 Å². The van der Waals surface area contributed by atoms with Gasteiger partial charge in [0.15, 0.2) is 10.8 Å². The molecule has 1 N–H and O–H groups in total. The maximum atomic E-state index is 12.3. The van der Waals surface area contributed by atoms with Crippen LogP contribution in [-0.4, -0.2) is 33.2 Å². The van der Waals surface area contributed by atoms with Crippen LogP contribution in [0.5, 0.6) is 0 Å². The van der Waals surface area contributed by atoms with E-state index in [-0.39, 0.29) is 29.5 Å². The van der Waals surface area contributed by atoms with Gasteiger partial charge in [-0.3, -0.25) is 9.59 Å². The van der Waals surface area contributed by atoms with Crippen LogP contribution in [-0.2, 0) is 16.1 Å². The number of ether oxygens (including phenoxy) is 1. The quantitative estimate of drug-likeness (QED) is 0.696. The van der Waals surface area contributed by atoms with Gasteiger partial charge in [-0.05, 0) is 13.0 Å². The Labute approximate surface area is 146 Å². The van der Waals surface area contributed by atoms with Gasteiger partial charge in [0, 0.05) is 10.8 Å². The summed E-state index contributed by atoms with van der Waals surface area (Å²) in [5, 5.41) is 9.49. The molecule has 3 rings (SSSR count). The summed E-state index contributed by atoms with van der Waals surface area (Å²) in [6.45, 7) is 1.69. The first-order chi connectivity index (χ1) is 12.1. The maximum Gasteiger partial charge on any atom is 0.357 e. The lowest BCUT2D eigenvalue weighted by Crippen LogP contribution is -2.29. The second kappa shape index (κ2) is 7.22. The molecular formula is C16H14N4O4S. The zero-order valence-corrected chi connectivity index (χ0v) is 14.1. The molecule has 25 heavy (non-hydrogen) atoms. The van der Waals surface area contributed by atoms with Gasteiger partial charge in [0.2, 0.25) is 5.91 Å². The van der Waals surface area contributed by atoms with Crippen LogP contribution < -0.4 is 10.9 Å².